The number of nitrogens with zero attached hydrogens (tertiary/aromatic N) is 3. The summed E-state index contributed by atoms with van der Waals surface area (Å²) in [5, 5.41) is 0. The van der Waals surface area contributed by atoms with Crippen molar-refractivity contribution >= 4 is 16.9 Å². The van der Waals surface area contributed by atoms with Gasteiger partial charge in [0, 0.05) is 20.0 Å². The van der Waals surface area contributed by atoms with E-state index >= 15 is 0 Å². The van der Waals surface area contributed by atoms with Crippen LogP contribution in [0.5, 0.6) is 5.75 Å². The largest absolute Gasteiger partial charge is 0.494 e. The highest BCUT2D eigenvalue weighted by molar-refractivity contribution is 5.77. The molecular weight excluding hydrogens is 374 g/mol. The van der Waals surface area contributed by atoms with E-state index in [9.17, 15) is 4.79 Å². The van der Waals surface area contributed by atoms with Gasteiger partial charge in [-0.05, 0) is 74.9 Å². The van der Waals surface area contributed by atoms with Crippen LogP contribution in [0.15, 0.2) is 42.5 Å². The molecule has 1 aliphatic rings. The lowest BCUT2D eigenvalue weighted by molar-refractivity contribution is -0.129. The molecule has 1 fully saturated rings. The second kappa shape index (κ2) is 8.90. The van der Waals surface area contributed by atoms with Gasteiger partial charge in [0.25, 0.3) is 0 Å². The number of rotatable bonds is 7. The predicted molar refractivity (Wildman–Crippen MR) is 120 cm³/mol. The summed E-state index contributed by atoms with van der Waals surface area (Å²) in [7, 11) is 0. The number of ether oxygens (including phenoxy) is 1. The van der Waals surface area contributed by atoms with Crippen molar-refractivity contribution in [1.29, 1.82) is 0 Å². The molecule has 1 saturated heterocycles. The third-order valence-corrected chi connectivity index (χ3v) is 5.88. The molecule has 0 aliphatic carbocycles. The summed E-state index contributed by atoms with van der Waals surface area (Å²) in [6.45, 7) is 8.27. The fraction of sp³-hybridized carbons (Fsp3) is 0.440. The molecule has 4 rings (SSSR count). The van der Waals surface area contributed by atoms with Crippen LogP contribution in [0.1, 0.15) is 55.6 Å². The maximum atomic E-state index is 12.1. The molecule has 30 heavy (non-hydrogen) atoms. The van der Waals surface area contributed by atoms with Crippen molar-refractivity contribution in [3.63, 3.8) is 0 Å². The minimum Gasteiger partial charge on any atom is -0.494 e. The molecule has 1 atom stereocenters. The van der Waals surface area contributed by atoms with E-state index in [1.54, 1.807) is 6.92 Å². The molecule has 0 bridgehead atoms. The first kappa shape index (κ1) is 20.5. The van der Waals surface area contributed by atoms with E-state index < -0.39 is 0 Å². The second-order valence-corrected chi connectivity index (χ2v) is 8.36. The Morgan fingerprint density at radius 3 is 2.67 bits per heavy atom. The van der Waals surface area contributed by atoms with Crippen molar-refractivity contribution in [3.05, 3.63) is 59.4 Å². The first-order chi connectivity index (χ1) is 14.5. The van der Waals surface area contributed by atoms with E-state index in [1.807, 2.05) is 11.0 Å². The molecule has 1 aromatic heterocycles. The van der Waals surface area contributed by atoms with Crippen LogP contribution in [0, 0.1) is 13.8 Å². The van der Waals surface area contributed by atoms with Gasteiger partial charge in [0.1, 0.15) is 11.6 Å². The normalized spacial score (nSPS) is 16.4. The molecule has 0 saturated carbocycles. The van der Waals surface area contributed by atoms with Crippen LogP contribution in [-0.2, 0) is 11.3 Å². The number of fused-ring (bicyclic) bond motifs is 1. The Morgan fingerprint density at radius 2 is 1.90 bits per heavy atom. The van der Waals surface area contributed by atoms with Gasteiger partial charge in [-0.15, -0.1) is 0 Å². The highest BCUT2D eigenvalue weighted by Gasteiger charge is 2.31. The minimum atomic E-state index is 0.0846. The van der Waals surface area contributed by atoms with Gasteiger partial charge in [-0.1, -0.05) is 18.2 Å². The molecule has 2 aromatic carbocycles. The van der Waals surface area contributed by atoms with Gasteiger partial charge < -0.3 is 14.2 Å². The van der Waals surface area contributed by atoms with Crippen molar-refractivity contribution in [2.24, 2.45) is 0 Å². The van der Waals surface area contributed by atoms with Gasteiger partial charge in [-0.25, -0.2) is 4.98 Å². The van der Waals surface area contributed by atoms with Gasteiger partial charge in [-0.3, -0.25) is 4.79 Å². The number of para-hydroxylation sites is 2. The van der Waals surface area contributed by atoms with Crippen LogP contribution in [0.4, 0.5) is 0 Å². The molecule has 1 amide bonds. The van der Waals surface area contributed by atoms with E-state index in [0.717, 1.165) is 61.4 Å². The molecule has 5 nitrogen and oxygen atoms in total. The van der Waals surface area contributed by atoms with Gasteiger partial charge in [0.15, 0.2) is 0 Å². The Morgan fingerprint density at radius 1 is 1.13 bits per heavy atom. The zero-order valence-corrected chi connectivity index (χ0v) is 18.2. The van der Waals surface area contributed by atoms with Crippen LogP contribution < -0.4 is 4.74 Å². The van der Waals surface area contributed by atoms with Crippen molar-refractivity contribution < 1.29 is 9.53 Å². The number of aromatic nitrogens is 2. The number of imidazole rings is 1. The number of carbonyl (C=O) groups is 1. The van der Waals surface area contributed by atoms with E-state index in [-0.39, 0.29) is 11.9 Å². The molecule has 1 unspecified atom stereocenters. The van der Waals surface area contributed by atoms with Crippen LogP contribution in [0.3, 0.4) is 0 Å². The lowest BCUT2D eigenvalue weighted by atomic mass is 10.1. The summed E-state index contributed by atoms with van der Waals surface area (Å²) in [4.78, 5) is 19.0. The summed E-state index contributed by atoms with van der Waals surface area (Å²) in [5.41, 5.74) is 4.62. The number of likely N-dealkylation sites (tertiary alicyclic amines) is 1. The Bertz CT molecular complexity index is 1020. The Balaban J connectivity index is 1.45. The van der Waals surface area contributed by atoms with Crippen molar-refractivity contribution in [3.8, 4) is 5.75 Å². The molecule has 1 aliphatic heterocycles. The van der Waals surface area contributed by atoms with Crippen molar-refractivity contribution in [1.82, 2.24) is 14.5 Å². The average Bonchev–Trinajstić information content (AvgIpc) is 3.32. The maximum Gasteiger partial charge on any atom is 0.220 e. The first-order valence-corrected chi connectivity index (χ1v) is 11.0. The minimum absolute atomic E-state index is 0.0846. The number of carbonyl (C=O) groups excluding carboxylic acids is 1. The number of aryl methyl sites for hydroxylation is 3. The van der Waals surface area contributed by atoms with Gasteiger partial charge in [-0.2, -0.15) is 0 Å². The van der Waals surface area contributed by atoms with E-state index in [4.69, 9.17) is 9.72 Å². The topological polar surface area (TPSA) is 47.4 Å². The van der Waals surface area contributed by atoms with E-state index in [0.29, 0.717) is 6.61 Å². The van der Waals surface area contributed by atoms with Gasteiger partial charge in [0.2, 0.25) is 5.91 Å². The van der Waals surface area contributed by atoms with Crippen molar-refractivity contribution in [2.45, 2.75) is 59.0 Å². The average molecular weight is 406 g/mol. The summed E-state index contributed by atoms with van der Waals surface area (Å²) in [6, 6.07) is 14.7. The van der Waals surface area contributed by atoms with E-state index in [1.165, 1.54) is 11.1 Å². The Kier molecular flexibility index (Phi) is 6.07. The smallest absolute Gasteiger partial charge is 0.220 e. The molecule has 0 spiro atoms. The standard InChI is InChI=1S/C25H31N3O2/c1-18-15-19(2)17-21(16-18)30-14-7-6-12-28-23-10-5-4-9-22(23)26-25(28)24-11-8-13-27(24)20(3)29/h4-5,9-10,15-17,24H,6-8,11-14H2,1-3H3. The molecule has 0 radical (unpaired) electrons. The molecule has 5 heteroatoms. The summed E-state index contributed by atoms with van der Waals surface area (Å²) in [6.07, 6.45) is 4.00. The monoisotopic (exact) mass is 405 g/mol. The lowest BCUT2D eigenvalue weighted by Crippen LogP contribution is -2.30. The summed E-state index contributed by atoms with van der Waals surface area (Å²) in [5.74, 6) is 2.11. The third kappa shape index (κ3) is 4.35. The van der Waals surface area contributed by atoms with Crippen molar-refractivity contribution in [2.75, 3.05) is 13.2 Å². The number of hydrogen-bond donors (Lipinski definition) is 0. The number of benzene rings is 2. The van der Waals surface area contributed by atoms with Gasteiger partial charge >= 0.3 is 0 Å². The fourth-order valence-electron chi connectivity index (χ4n) is 4.57. The van der Waals surface area contributed by atoms with Crippen LogP contribution in [0.2, 0.25) is 0 Å². The van der Waals surface area contributed by atoms with Gasteiger partial charge in [0.05, 0.1) is 23.7 Å². The number of hydrogen-bond acceptors (Lipinski definition) is 3. The lowest BCUT2D eigenvalue weighted by Gasteiger charge is -2.24. The first-order valence-electron chi connectivity index (χ1n) is 11.0. The van der Waals surface area contributed by atoms with Crippen LogP contribution in [0.25, 0.3) is 11.0 Å². The van der Waals surface area contributed by atoms with Crippen LogP contribution >= 0.6 is 0 Å². The summed E-state index contributed by atoms with van der Waals surface area (Å²) < 4.78 is 8.29. The third-order valence-electron chi connectivity index (χ3n) is 5.88. The SMILES string of the molecule is CC(=O)N1CCCC1c1nc2ccccc2n1CCCCOc1cc(C)cc(C)c1. The molecule has 158 valence electrons. The molecule has 3 aromatic rings. The number of unbranched alkanes of at least 4 members (excludes halogenated alkanes) is 1. The summed E-state index contributed by atoms with van der Waals surface area (Å²) >= 11 is 0. The van der Waals surface area contributed by atoms with Crippen LogP contribution in [-0.4, -0.2) is 33.5 Å². The fourth-order valence-corrected chi connectivity index (χ4v) is 4.57. The highest BCUT2D eigenvalue weighted by Crippen LogP contribution is 2.33. The molecule has 0 N–H and O–H groups in total. The zero-order chi connectivity index (χ0) is 21.1. The quantitative estimate of drug-likeness (QED) is 0.508. The Hall–Kier alpha value is -2.82. The Labute approximate surface area is 178 Å². The zero-order valence-electron chi connectivity index (χ0n) is 18.2. The molecule has 2 heterocycles. The molecular formula is C25H31N3O2. The van der Waals surface area contributed by atoms with E-state index in [2.05, 4.69) is 54.8 Å². The second-order valence-electron chi connectivity index (χ2n) is 8.36. The predicted octanol–water partition coefficient (Wildman–Crippen LogP) is 5.20. The highest BCUT2D eigenvalue weighted by atomic mass is 16.5. The number of amides is 1. The maximum absolute atomic E-state index is 12.1.